The number of amides is 2. The maximum absolute atomic E-state index is 13.0. The Bertz CT molecular complexity index is 1740. The van der Waals surface area contributed by atoms with Gasteiger partial charge in [-0.25, -0.2) is 0 Å². The third-order valence-corrected chi connectivity index (χ3v) is 9.09. The molecule has 26 nitrogen and oxygen atoms in total. The molecule has 3 aliphatic heterocycles. The van der Waals surface area contributed by atoms with E-state index < -0.39 is 171 Å². The van der Waals surface area contributed by atoms with Gasteiger partial charge >= 0.3 is 47.8 Å². The number of hydrogen-bond donors (Lipinski definition) is 3. The largest absolute Gasteiger partial charge is 0.463 e. The summed E-state index contributed by atoms with van der Waals surface area (Å²) in [7, 11) is 0. The van der Waals surface area contributed by atoms with Gasteiger partial charge < -0.3 is 77.3 Å². The minimum Gasteiger partial charge on any atom is -0.463 e. The minimum absolute atomic E-state index is 0.669. The molecule has 64 heavy (non-hydrogen) atoms. The topological polar surface area (TPSA) is 335 Å². The molecule has 0 saturated carbocycles. The van der Waals surface area contributed by atoms with Gasteiger partial charge in [0.2, 0.25) is 11.8 Å². The molecule has 0 aromatic rings. The molecule has 3 saturated heterocycles. The molecule has 3 fully saturated rings. The van der Waals surface area contributed by atoms with Crippen molar-refractivity contribution in [2.24, 2.45) is 0 Å². The monoisotopic (exact) mass is 922 g/mol. The molecule has 0 aromatic heterocycles. The average molecular weight is 923 g/mol. The van der Waals surface area contributed by atoms with E-state index in [4.69, 9.17) is 61.6 Å². The first-order valence-corrected chi connectivity index (χ1v) is 19.6. The van der Waals surface area contributed by atoms with Crippen LogP contribution in [0.25, 0.3) is 0 Å². The standard InChI is InChI=1S/C38H54N2O24/c1-14(41)39-27-32(57-21(8)48)30(24(60-36(27)51)11-52-16(3)43)63-38-35(59-23(10)50)34(31(56-20(7)47)26(62-38)13-54-18(5)45)64-37-28(40-15(2)42)33(58-22(9)49)29(55-19(6)46)25(61-37)12-53-17(4)44/h24-38,51H,11-13H2,1-10H3,(H,39,41)(H,40,42)/t24?,25?,26?,27?,28?,29-,30+,31-,32?,33?,34?,35?,36+,37+,38-/m0/s1. The maximum Gasteiger partial charge on any atom is 0.303 e. The van der Waals surface area contributed by atoms with Crippen molar-refractivity contribution in [1.82, 2.24) is 10.6 Å². The highest BCUT2D eigenvalue weighted by atomic mass is 16.8. The number of rotatable bonds is 17. The maximum atomic E-state index is 13.0. The molecular weight excluding hydrogens is 868 g/mol. The first kappa shape index (κ1) is 52.8. The third-order valence-electron chi connectivity index (χ3n) is 9.09. The zero-order chi connectivity index (χ0) is 48.2. The quantitative estimate of drug-likeness (QED) is 0.0985. The van der Waals surface area contributed by atoms with Crippen molar-refractivity contribution in [2.75, 3.05) is 19.8 Å². The molecule has 0 aliphatic carbocycles. The number of aliphatic hydroxyl groups excluding tert-OH is 1. The number of carbonyl (C=O) groups is 10. The van der Waals surface area contributed by atoms with E-state index in [1.165, 1.54) is 0 Å². The first-order valence-electron chi connectivity index (χ1n) is 19.6. The molecule has 3 N–H and O–H groups in total. The predicted octanol–water partition coefficient (Wildman–Crippen LogP) is -2.72. The molecule has 360 valence electrons. The van der Waals surface area contributed by atoms with Crippen molar-refractivity contribution in [1.29, 1.82) is 0 Å². The van der Waals surface area contributed by atoms with Gasteiger partial charge in [-0.05, 0) is 0 Å². The summed E-state index contributed by atoms with van der Waals surface area (Å²) in [4.78, 5) is 124. The van der Waals surface area contributed by atoms with Gasteiger partial charge in [0.15, 0.2) is 49.4 Å². The van der Waals surface area contributed by atoms with Crippen molar-refractivity contribution >= 4 is 59.6 Å². The second kappa shape index (κ2) is 23.9. The molecule has 3 heterocycles. The van der Waals surface area contributed by atoms with Crippen LogP contribution in [0.15, 0.2) is 0 Å². The highest BCUT2D eigenvalue weighted by Crippen LogP contribution is 2.37. The highest BCUT2D eigenvalue weighted by molar-refractivity contribution is 5.74. The van der Waals surface area contributed by atoms with E-state index in [-0.39, 0.29) is 0 Å². The van der Waals surface area contributed by atoms with Crippen molar-refractivity contribution in [3.63, 3.8) is 0 Å². The summed E-state index contributed by atoms with van der Waals surface area (Å²) in [6.45, 7) is 8.13. The molecule has 0 bridgehead atoms. The van der Waals surface area contributed by atoms with Crippen LogP contribution in [0.2, 0.25) is 0 Å². The fourth-order valence-corrected chi connectivity index (χ4v) is 6.98. The van der Waals surface area contributed by atoms with Gasteiger partial charge in [0.25, 0.3) is 0 Å². The lowest BCUT2D eigenvalue weighted by Crippen LogP contribution is -2.70. The van der Waals surface area contributed by atoms with Crippen LogP contribution in [0.1, 0.15) is 69.2 Å². The Labute approximate surface area is 365 Å². The van der Waals surface area contributed by atoms with E-state index >= 15 is 0 Å². The van der Waals surface area contributed by atoms with Gasteiger partial charge in [0.05, 0.1) is 0 Å². The van der Waals surface area contributed by atoms with Gasteiger partial charge in [0.1, 0.15) is 62.4 Å². The van der Waals surface area contributed by atoms with Crippen LogP contribution < -0.4 is 10.6 Å². The fraction of sp³-hybridized carbons (Fsp3) is 0.737. The summed E-state index contributed by atoms with van der Waals surface area (Å²) < 4.78 is 74.3. The van der Waals surface area contributed by atoms with Crippen LogP contribution in [0.5, 0.6) is 0 Å². The molecule has 2 amide bonds. The first-order chi connectivity index (χ1) is 29.9. The molecular formula is C38H54N2O24. The van der Waals surface area contributed by atoms with Crippen LogP contribution in [0, 0.1) is 0 Å². The highest BCUT2D eigenvalue weighted by Gasteiger charge is 2.59. The minimum atomic E-state index is -2.02. The summed E-state index contributed by atoms with van der Waals surface area (Å²) in [5.74, 6) is -8.91. The molecule has 15 atom stereocenters. The Morgan fingerprint density at radius 1 is 0.391 bits per heavy atom. The average Bonchev–Trinajstić information content (AvgIpc) is 3.14. The molecule has 0 aromatic carbocycles. The smallest absolute Gasteiger partial charge is 0.303 e. The molecule has 3 aliphatic rings. The van der Waals surface area contributed by atoms with Crippen LogP contribution in [0.3, 0.4) is 0 Å². The number of esters is 8. The predicted molar refractivity (Wildman–Crippen MR) is 201 cm³/mol. The van der Waals surface area contributed by atoms with E-state index in [1.807, 2.05) is 0 Å². The van der Waals surface area contributed by atoms with Gasteiger partial charge in [-0.3, -0.25) is 47.9 Å². The lowest BCUT2D eigenvalue weighted by Gasteiger charge is -2.50. The summed E-state index contributed by atoms with van der Waals surface area (Å²) in [6.07, 6.45) is -22.9. The zero-order valence-corrected chi connectivity index (χ0v) is 36.6. The second-order valence-corrected chi connectivity index (χ2v) is 14.6. The number of aliphatic hydroxyl groups is 1. The van der Waals surface area contributed by atoms with Crippen molar-refractivity contribution in [3.8, 4) is 0 Å². The Hall–Kier alpha value is -5.54. The lowest BCUT2D eigenvalue weighted by molar-refractivity contribution is -0.368. The third kappa shape index (κ3) is 15.6. The number of carbonyl (C=O) groups excluding carboxylic acids is 10. The van der Waals surface area contributed by atoms with E-state index in [0.29, 0.717) is 0 Å². The molecule has 26 heteroatoms. The Kier molecular flexibility index (Phi) is 19.8. The summed E-state index contributed by atoms with van der Waals surface area (Å²) >= 11 is 0. The SMILES string of the molecule is CC(=O)NC1C(OC(C)=O)[C@@H](OC(C)=O)C(COC(C)=O)O[C@@H]1OC1C(OC(C)=O)[C@H](O[C@@H]2C(COC(C)=O)O[C@@H](O)C(NC(C)=O)C2OC(C)=O)OC(COC(C)=O)[C@@H]1OC(C)=O. The number of nitrogens with one attached hydrogen (secondary N) is 2. The lowest BCUT2D eigenvalue weighted by atomic mass is 9.94. The Morgan fingerprint density at radius 3 is 1.12 bits per heavy atom. The second-order valence-electron chi connectivity index (χ2n) is 14.6. The molecule has 0 spiro atoms. The summed E-state index contributed by atoms with van der Waals surface area (Å²) in [6, 6.07) is -3.21. The molecule has 3 rings (SSSR count). The van der Waals surface area contributed by atoms with Crippen molar-refractivity contribution < 1.29 is 115 Å². The van der Waals surface area contributed by atoms with Crippen LogP contribution in [-0.4, -0.2) is 176 Å². The van der Waals surface area contributed by atoms with Crippen LogP contribution in [-0.2, 0) is 110 Å². The summed E-state index contributed by atoms with van der Waals surface area (Å²) in [5, 5.41) is 15.9. The number of ether oxygens (including phenoxy) is 13. The van der Waals surface area contributed by atoms with E-state index in [0.717, 1.165) is 69.2 Å². The van der Waals surface area contributed by atoms with E-state index in [2.05, 4.69) is 10.6 Å². The van der Waals surface area contributed by atoms with Crippen molar-refractivity contribution in [2.45, 2.75) is 161 Å². The van der Waals surface area contributed by atoms with Crippen LogP contribution in [0.4, 0.5) is 0 Å². The summed E-state index contributed by atoms with van der Waals surface area (Å²) in [5.41, 5.74) is 0. The zero-order valence-electron chi connectivity index (χ0n) is 36.6. The van der Waals surface area contributed by atoms with E-state index in [1.54, 1.807) is 0 Å². The Morgan fingerprint density at radius 2 is 0.719 bits per heavy atom. The number of hydrogen-bond acceptors (Lipinski definition) is 24. The molecule has 0 radical (unpaired) electrons. The fourth-order valence-electron chi connectivity index (χ4n) is 6.98. The Balaban J connectivity index is 2.33. The van der Waals surface area contributed by atoms with Gasteiger partial charge in [0, 0.05) is 69.2 Å². The normalized spacial score (nSPS) is 32.3. The van der Waals surface area contributed by atoms with Gasteiger partial charge in [-0.2, -0.15) is 0 Å². The van der Waals surface area contributed by atoms with E-state index in [9.17, 15) is 53.1 Å². The molecule has 9 unspecified atom stereocenters. The van der Waals surface area contributed by atoms with Gasteiger partial charge in [-0.15, -0.1) is 0 Å². The van der Waals surface area contributed by atoms with Crippen LogP contribution >= 0.6 is 0 Å². The van der Waals surface area contributed by atoms with Crippen molar-refractivity contribution in [3.05, 3.63) is 0 Å². The van der Waals surface area contributed by atoms with Gasteiger partial charge in [-0.1, -0.05) is 0 Å².